The molecule has 0 amide bonds. The molecule has 0 radical (unpaired) electrons. The molecule has 1 fully saturated rings. The van der Waals surface area contributed by atoms with E-state index in [2.05, 4.69) is 67.8 Å². The Morgan fingerprint density at radius 1 is 0.964 bits per heavy atom. The van der Waals surface area contributed by atoms with Crippen molar-refractivity contribution in [3.05, 3.63) is 52.2 Å². The summed E-state index contributed by atoms with van der Waals surface area (Å²) in [6, 6.07) is 7.85. The van der Waals surface area contributed by atoms with Crippen LogP contribution in [0.2, 0.25) is 0 Å². The first kappa shape index (κ1) is 22.7. The average molecular weight is 737 g/mol. The molecule has 0 heterocycles. The van der Waals surface area contributed by atoms with Crippen molar-refractivity contribution in [2.24, 2.45) is 0 Å². The largest absolute Gasteiger partial charge is 0.744 e. The molecule has 0 unspecified atom stereocenters. The lowest BCUT2D eigenvalue weighted by Crippen LogP contribution is -2.14. The second kappa shape index (κ2) is 9.43. The van der Waals surface area contributed by atoms with Gasteiger partial charge in [0.1, 0.15) is 15.9 Å². The molecule has 0 spiro atoms. The van der Waals surface area contributed by atoms with Crippen LogP contribution in [0.1, 0.15) is 53.9 Å². The molecule has 0 atom stereocenters. The monoisotopic (exact) mass is 737 g/mol. The molecule has 1 aliphatic carbocycles. The highest BCUT2D eigenvalue weighted by molar-refractivity contribution is 14.1. The first-order chi connectivity index (χ1) is 13.2. The van der Waals surface area contributed by atoms with Crippen LogP contribution in [0.25, 0.3) is 0 Å². The Labute approximate surface area is 205 Å². The van der Waals surface area contributed by atoms with Crippen molar-refractivity contribution in [1.29, 1.82) is 0 Å². The van der Waals surface area contributed by atoms with Crippen LogP contribution in [-0.4, -0.2) is 18.9 Å². The SMILES string of the molecule is O=C(Oc1ccc(S(=O)(=O)[O-])c(C2CCCCC2)c1)c1cc(I)c(I)cc1I. The van der Waals surface area contributed by atoms with Gasteiger partial charge < -0.3 is 9.29 Å². The van der Waals surface area contributed by atoms with Crippen LogP contribution in [0.3, 0.4) is 0 Å². The first-order valence-corrected chi connectivity index (χ1v) is 13.3. The van der Waals surface area contributed by atoms with E-state index in [0.717, 1.165) is 42.8 Å². The quantitative estimate of drug-likeness (QED) is 0.133. The number of rotatable bonds is 4. The predicted molar refractivity (Wildman–Crippen MR) is 130 cm³/mol. The van der Waals surface area contributed by atoms with Crippen LogP contribution in [0.4, 0.5) is 0 Å². The van der Waals surface area contributed by atoms with Crippen molar-refractivity contribution < 1.29 is 22.5 Å². The Balaban J connectivity index is 1.94. The average Bonchev–Trinajstić information content (AvgIpc) is 2.64. The molecule has 3 rings (SSSR count). The number of benzene rings is 2. The summed E-state index contributed by atoms with van der Waals surface area (Å²) in [5.74, 6) is -0.265. The zero-order valence-electron chi connectivity index (χ0n) is 14.6. The number of hydrogen-bond acceptors (Lipinski definition) is 5. The van der Waals surface area contributed by atoms with Gasteiger partial charge >= 0.3 is 5.97 Å². The number of ether oxygens (including phenoxy) is 1. The second-order valence-electron chi connectivity index (χ2n) is 6.62. The van der Waals surface area contributed by atoms with Gasteiger partial charge in [-0.25, -0.2) is 13.2 Å². The molecule has 2 aromatic carbocycles. The third kappa shape index (κ3) is 5.38. The van der Waals surface area contributed by atoms with Crippen LogP contribution >= 0.6 is 67.8 Å². The van der Waals surface area contributed by atoms with Crippen molar-refractivity contribution in [3.8, 4) is 5.75 Å². The van der Waals surface area contributed by atoms with E-state index >= 15 is 0 Å². The summed E-state index contributed by atoms with van der Waals surface area (Å²) in [5.41, 5.74) is 0.914. The Bertz CT molecular complexity index is 1010. The first-order valence-electron chi connectivity index (χ1n) is 8.63. The maximum atomic E-state index is 12.7. The predicted octanol–water partition coefficient (Wildman–Crippen LogP) is 5.67. The third-order valence-corrected chi connectivity index (χ3v) is 9.36. The van der Waals surface area contributed by atoms with Gasteiger partial charge in [0.15, 0.2) is 0 Å². The summed E-state index contributed by atoms with van der Waals surface area (Å²) < 4.78 is 43.4. The molecule has 0 N–H and O–H groups in total. The molecular formula is C19H16I3O5S-. The van der Waals surface area contributed by atoms with Crippen molar-refractivity contribution >= 4 is 83.9 Å². The highest BCUT2D eigenvalue weighted by Crippen LogP contribution is 2.38. The smallest absolute Gasteiger partial charge is 0.344 e. The lowest BCUT2D eigenvalue weighted by atomic mass is 9.84. The van der Waals surface area contributed by atoms with Crippen molar-refractivity contribution in [2.45, 2.75) is 42.9 Å². The van der Waals surface area contributed by atoms with E-state index < -0.39 is 16.1 Å². The maximum absolute atomic E-state index is 12.7. The zero-order chi connectivity index (χ0) is 20.5. The van der Waals surface area contributed by atoms with E-state index in [-0.39, 0.29) is 16.6 Å². The fraction of sp³-hybridized carbons (Fsp3) is 0.316. The number of carbonyl (C=O) groups is 1. The van der Waals surface area contributed by atoms with Crippen molar-refractivity contribution in [2.75, 3.05) is 0 Å². The van der Waals surface area contributed by atoms with Gasteiger partial charge in [0.2, 0.25) is 0 Å². The topological polar surface area (TPSA) is 83.5 Å². The highest BCUT2D eigenvalue weighted by atomic mass is 127. The summed E-state index contributed by atoms with van der Waals surface area (Å²) in [6.45, 7) is 0. The minimum absolute atomic E-state index is 0.00878. The summed E-state index contributed by atoms with van der Waals surface area (Å²) in [7, 11) is -4.59. The molecule has 1 aliphatic rings. The fourth-order valence-corrected chi connectivity index (χ4v) is 6.36. The number of carbonyl (C=O) groups excluding carboxylic acids is 1. The lowest BCUT2D eigenvalue weighted by molar-refractivity contribution is 0.0733. The standard InChI is InChI=1S/C19H17I3O5S/c20-15-10-17(22)16(21)9-14(15)19(23)27-12-6-7-18(28(24,25)26)13(8-12)11-4-2-1-3-5-11/h6-11H,1-5H2,(H,24,25,26)/p-1. The van der Waals surface area contributed by atoms with E-state index in [1.165, 1.54) is 12.1 Å². The van der Waals surface area contributed by atoms with Crippen molar-refractivity contribution in [1.82, 2.24) is 0 Å². The number of halogens is 3. The van der Waals surface area contributed by atoms with E-state index in [1.807, 2.05) is 6.07 Å². The van der Waals surface area contributed by atoms with Gasteiger partial charge in [0.05, 0.1) is 10.5 Å². The Kier molecular flexibility index (Phi) is 7.64. The van der Waals surface area contributed by atoms with Crippen LogP contribution in [0.5, 0.6) is 5.75 Å². The molecule has 0 saturated heterocycles. The second-order valence-corrected chi connectivity index (χ2v) is 11.5. The van der Waals surface area contributed by atoms with Crippen molar-refractivity contribution in [3.63, 3.8) is 0 Å². The summed E-state index contributed by atoms with van der Waals surface area (Å²) in [6.07, 6.45) is 4.74. The molecule has 2 aromatic rings. The maximum Gasteiger partial charge on any atom is 0.344 e. The van der Waals surface area contributed by atoms with Gasteiger partial charge in [-0.15, -0.1) is 0 Å². The van der Waals surface area contributed by atoms with E-state index in [4.69, 9.17) is 4.74 Å². The Hall–Kier alpha value is 0.0100. The van der Waals surface area contributed by atoms with Gasteiger partial charge in [-0.3, -0.25) is 0 Å². The number of esters is 1. The molecule has 150 valence electrons. The molecule has 28 heavy (non-hydrogen) atoms. The van der Waals surface area contributed by atoms with Gasteiger partial charge in [0, 0.05) is 10.7 Å². The zero-order valence-corrected chi connectivity index (χ0v) is 21.9. The van der Waals surface area contributed by atoms with Gasteiger partial charge in [0.25, 0.3) is 0 Å². The van der Waals surface area contributed by atoms with Crippen LogP contribution in [-0.2, 0) is 10.1 Å². The summed E-state index contributed by atoms with van der Waals surface area (Å²) >= 11 is 6.45. The van der Waals surface area contributed by atoms with Crippen LogP contribution in [0.15, 0.2) is 35.2 Å². The molecule has 9 heteroatoms. The van der Waals surface area contributed by atoms with Gasteiger partial charge in [-0.1, -0.05) is 19.3 Å². The van der Waals surface area contributed by atoms with E-state index in [9.17, 15) is 17.8 Å². The Morgan fingerprint density at radius 2 is 1.61 bits per heavy atom. The minimum Gasteiger partial charge on any atom is -0.744 e. The van der Waals surface area contributed by atoms with E-state index in [1.54, 1.807) is 12.1 Å². The molecular weight excluding hydrogens is 721 g/mol. The fourth-order valence-electron chi connectivity index (χ4n) is 3.39. The molecule has 0 bridgehead atoms. The van der Waals surface area contributed by atoms with E-state index in [0.29, 0.717) is 11.1 Å². The van der Waals surface area contributed by atoms with Gasteiger partial charge in [-0.2, -0.15) is 0 Å². The number of hydrogen-bond donors (Lipinski definition) is 0. The normalized spacial score (nSPS) is 15.4. The molecule has 0 aliphatic heterocycles. The summed E-state index contributed by atoms with van der Waals surface area (Å²) in [5, 5.41) is 0. The lowest BCUT2D eigenvalue weighted by Gasteiger charge is -2.25. The minimum atomic E-state index is -4.59. The third-order valence-electron chi connectivity index (χ3n) is 4.74. The molecule has 0 aromatic heterocycles. The van der Waals surface area contributed by atoms with Crippen LogP contribution in [0, 0.1) is 10.7 Å². The molecule has 1 saturated carbocycles. The summed E-state index contributed by atoms with van der Waals surface area (Å²) in [4.78, 5) is 12.4. The van der Waals surface area contributed by atoms with Crippen LogP contribution < -0.4 is 4.74 Å². The van der Waals surface area contributed by atoms with Gasteiger partial charge in [-0.05, 0) is 122 Å². The highest BCUT2D eigenvalue weighted by Gasteiger charge is 2.23. The molecule has 5 nitrogen and oxygen atoms in total. The Morgan fingerprint density at radius 3 is 2.25 bits per heavy atom.